The quantitative estimate of drug-likeness (QED) is 0.371. The Hall–Kier alpha value is -1.09. The summed E-state index contributed by atoms with van der Waals surface area (Å²) in [7, 11) is 4.00. The van der Waals surface area contributed by atoms with Gasteiger partial charge in [0, 0.05) is 44.4 Å². The normalized spacial score (nSPS) is 11.1. The van der Waals surface area contributed by atoms with E-state index < -0.39 is 0 Å². The molecule has 0 unspecified atom stereocenters. The van der Waals surface area contributed by atoms with Crippen LogP contribution in [0.4, 0.5) is 0 Å². The molecule has 0 saturated heterocycles. The maximum atomic E-state index is 4.72. The van der Waals surface area contributed by atoms with E-state index >= 15 is 0 Å². The van der Waals surface area contributed by atoms with E-state index in [0.717, 1.165) is 36.5 Å². The number of hydrogen-bond donors (Lipinski definition) is 1. The number of hydrogen-bond acceptors (Lipinski definition) is 2. The van der Waals surface area contributed by atoms with Crippen LogP contribution in [-0.2, 0) is 20.0 Å². The number of aromatic nitrogens is 2. The van der Waals surface area contributed by atoms with E-state index in [1.165, 1.54) is 11.1 Å². The molecular formula is C17H25BrIN5. The molecule has 0 aliphatic heterocycles. The Morgan fingerprint density at radius 1 is 1.29 bits per heavy atom. The van der Waals surface area contributed by atoms with Gasteiger partial charge in [-0.15, -0.1) is 24.0 Å². The van der Waals surface area contributed by atoms with E-state index in [9.17, 15) is 0 Å². The molecule has 2 rings (SSSR count). The van der Waals surface area contributed by atoms with Crippen LogP contribution in [0.1, 0.15) is 18.1 Å². The Kier molecular flexibility index (Phi) is 9.35. The largest absolute Gasteiger partial charge is 0.357 e. The molecule has 0 aliphatic carbocycles. The van der Waals surface area contributed by atoms with Crippen molar-refractivity contribution >= 4 is 45.9 Å². The molecule has 1 aromatic heterocycles. The lowest BCUT2D eigenvalue weighted by molar-refractivity contribution is 0.477. The summed E-state index contributed by atoms with van der Waals surface area (Å²) in [4.78, 5) is 6.87. The molecular weight excluding hydrogens is 481 g/mol. The first kappa shape index (κ1) is 21.0. The maximum Gasteiger partial charge on any atom is 0.193 e. The van der Waals surface area contributed by atoms with Crippen molar-refractivity contribution in [2.45, 2.75) is 19.9 Å². The van der Waals surface area contributed by atoms with Crippen LogP contribution in [-0.4, -0.2) is 40.8 Å². The van der Waals surface area contributed by atoms with Gasteiger partial charge in [0.05, 0.1) is 6.20 Å². The molecule has 132 valence electrons. The van der Waals surface area contributed by atoms with E-state index in [-0.39, 0.29) is 24.0 Å². The van der Waals surface area contributed by atoms with Crippen LogP contribution >= 0.6 is 39.9 Å². The zero-order valence-corrected chi connectivity index (χ0v) is 18.3. The molecule has 0 aliphatic rings. The molecule has 1 heterocycles. The van der Waals surface area contributed by atoms with Crippen molar-refractivity contribution in [3.63, 3.8) is 0 Å². The van der Waals surface area contributed by atoms with Crippen molar-refractivity contribution in [3.8, 4) is 0 Å². The highest BCUT2D eigenvalue weighted by atomic mass is 127. The molecule has 0 atom stereocenters. The molecule has 24 heavy (non-hydrogen) atoms. The molecule has 0 fully saturated rings. The lowest BCUT2D eigenvalue weighted by Crippen LogP contribution is -2.38. The van der Waals surface area contributed by atoms with Crippen LogP contribution in [0.3, 0.4) is 0 Å². The summed E-state index contributed by atoms with van der Waals surface area (Å²) in [6, 6.07) is 8.38. The van der Waals surface area contributed by atoms with Crippen LogP contribution in [0.5, 0.6) is 0 Å². The second-order valence-corrected chi connectivity index (χ2v) is 6.41. The highest BCUT2D eigenvalue weighted by Crippen LogP contribution is 2.11. The summed E-state index contributed by atoms with van der Waals surface area (Å²) in [5.41, 5.74) is 2.47. The minimum Gasteiger partial charge on any atom is -0.357 e. The minimum atomic E-state index is 0. The molecule has 0 saturated carbocycles. The Morgan fingerprint density at radius 3 is 2.58 bits per heavy atom. The highest BCUT2D eigenvalue weighted by molar-refractivity contribution is 14.0. The molecule has 7 heteroatoms. The third kappa shape index (κ3) is 6.80. The van der Waals surface area contributed by atoms with E-state index in [1.54, 1.807) is 0 Å². The third-order valence-electron chi connectivity index (χ3n) is 3.45. The lowest BCUT2D eigenvalue weighted by Gasteiger charge is -2.22. The number of halogens is 2. The standard InChI is InChI=1S/C17H24BrN5.HI/c1-4-19-17(20-10-9-15-11-21-23(3)13-15)22(2)12-14-5-7-16(18)8-6-14;/h5-8,11,13H,4,9-10,12H2,1-3H3,(H,19,20);1H. The van der Waals surface area contributed by atoms with Crippen molar-refractivity contribution < 1.29 is 0 Å². The average molecular weight is 506 g/mol. The number of nitrogens with one attached hydrogen (secondary N) is 1. The van der Waals surface area contributed by atoms with Crippen molar-refractivity contribution in [2.24, 2.45) is 12.0 Å². The van der Waals surface area contributed by atoms with Crippen LogP contribution < -0.4 is 5.32 Å². The van der Waals surface area contributed by atoms with Crippen LogP contribution in [0.2, 0.25) is 0 Å². The van der Waals surface area contributed by atoms with E-state index in [2.05, 4.69) is 69.5 Å². The molecule has 1 aromatic carbocycles. The maximum absolute atomic E-state index is 4.72. The molecule has 0 bridgehead atoms. The lowest BCUT2D eigenvalue weighted by atomic mass is 10.2. The first-order chi connectivity index (χ1) is 11.1. The highest BCUT2D eigenvalue weighted by Gasteiger charge is 2.06. The number of benzene rings is 1. The average Bonchev–Trinajstić information content (AvgIpc) is 2.94. The van der Waals surface area contributed by atoms with Crippen LogP contribution in [0.25, 0.3) is 0 Å². The first-order valence-corrected chi connectivity index (χ1v) is 8.59. The van der Waals surface area contributed by atoms with Gasteiger partial charge in [-0.1, -0.05) is 28.1 Å². The Morgan fingerprint density at radius 2 is 2.00 bits per heavy atom. The number of aliphatic imine (C=N–C) groups is 1. The van der Waals surface area contributed by atoms with Gasteiger partial charge in [-0.3, -0.25) is 9.67 Å². The van der Waals surface area contributed by atoms with Gasteiger partial charge in [-0.2, -0.15) is 5.10 Å². The Balaban J connectivity index is 0.00000288. The first-order valence-electron chi connectivity index (χ1n) is 7.80. The van der Waals surface area contributed by atoms with Crippen molar-refractivity contribution in [1.29, 1.82) is 0 Å². The van der Waals surface area contributed by atoms with Crippen molar-refractivity contribution in [1.82, 2.24) is 20.0 Å². The second kappa shape index (κ2) is 10.7. The molecule has 0 spiro atoms. The van der Waals surface area contributed by atoms with Gasteiger partial charge in [0.2, 0.25) is 0 Å². The van der Waals surface area contributed by atoms with E-state index in [4.69, 9.17) is 4.99 Å². The summed E-state index contributed by atoms with van der Waals surface area (Å²) in [5, 5.41) is 7.54. The summed E-state index contributed by atoms with van der Waals surface area (Å²) in [6.45, 7) is 4.52. The molecule has 0 amide bonds. The molecule has 2 aromatic rings. The summed E-state index contributed by atoms with van der Waals surface area (Å²) < 4.78 is 2.92. The van der Waals surface area contributed by atoms with Crippen molar-refractivity contribution in [3.05, 3.63) is 52.3 Å². The van der Waals surface area contributed by atoms with E-state index in [0.29, 0.717) is 0 Å². The summed E-state index contributed by atoms with van der Waals surface area (Å²) in [5.74, 6) is 0.930. The fourth-order valence-electron chi connectivity index (χ4n) is 2.30. The molecule has 1 N–H and O–H groups in total. The van der Waals surface area contributed by atoms with Gasteiger partial charge in [0.25, 0.3) is 0 Å². The SMILES string of the molecule is CCNC(=NCCc1cnn(C)c1)N(C)Cc1ccc(Br)cc1.I. The van der Waals surface area contributed by atoms with Gasteiger partial charge in [0.15, 0.2) is 5.96 Å². The van der Waals surface area contributed by atoms with Gasteiger partial charge in [-0.25, -0.2) is 0 Å². The number of nitrogens with zero attached hydrogens (tertiary/aromatic N) is 4. The third-order valence-corrected chi connectivity index (χ3v) is 3.98. The zero-order valence-electron chi connectivity index (χ0n) is 14.4. The molecule has 0 radical (unpaired) electrons. The van der Waals surface area contributed by atoms with Crippen LogP contribution in [0.15, 0.2) is 46.1 Å². The van der Waals surface area contributed by atoms with Crippen molar-refractivity contribution in [2.75, 3.05) is 20.1 Å². The minimum absolute atomic E-state index is 0. The van der Waals surface area contributed by atoms with Gasteiger partial charge >= 0.3 is 0 Å². The van der Waals surface area contributed by atoms with E-state index in [1.807, 2.05) is 24.1 Å². The number of rotatable bonds is 6. The summed E-state index contributed by atoms with van der Waals surface area (Å²) in [6.07, 6.45) is 4.83. The Labute approximate surface area is 169 Å². The fraction of sp³-hybridized carbons (Fsp3) is 0.412. The van der Waals surface area contributed by atoms with Crippen LogP contribution in [0, 0.1) is 0 Å². The predicted octanol–water partition coefficient (Wildman–Crippen LogP) is 3.44. The Bertz CT molecular complexity index is 639. The molecule has 5 nitrogen and oxygen atoms in total. The van der Waals surface area contributed by atoms with Gasteiger partial charge in [0.1, 0.15) is 0 Å². The topological polar surface area (TPSA) is 45.5 Å². The monoisotopic (exact) mass is 505 g/mol. The predicted molar refractivity (Wildman–Crippen MR) is 114 cm³/mol. The van der Waals surface area contributed by atoms with Gasteiger partial charge in [-0.05, 0) is 36.6 Å². The smallest absolute Gasteiger partial charge is 0.193 e. The number of aryl methyl sites for hydroxylation is 1. The summed E-state index contributed by atoms with van der Waals surface area (Å²) >= 11 is 3.47. The number of guanidine groups is 1. The fourth-order valence-corrected chi connectivity index (χ4v) is 2.56. The van der Waals surface area contributed by atoms with Gasteiger partial charge < -0.3 is 10.2 Å². The zero-order chi connectivity index (χ0) is 16.7. The second-order valence-electron chi connectivity index (χ2n) is 5.49.